The zero-order valence-corrected chi connectivity index (χ0v) is 17.2. The van der Waals surface area contributed by atoms with Gasteiger partial charge in [-0.25, -0.2) is 0 Å². The molecular weight excluding hydrogens is 354 g/mol. The van der Waals surface area contributed by atoms with E-state index in [2.05, 4.69) is 58.9 Å². The molecule has 152 valence electrons. The average molecular weight is 386 g/mol. The minimum atomic E-state index is 0.527. The molecule has 0 radical (unpaired) electrons. The van der Waals surface area contributed by atoms with E-state index < -0.39 is 0 Å². The highest BCUT2D eigenvalue weighted by molar-refractivity contribution is 5.79. The van der Waals surface area contributed by atoms with Crippen molar-refractivity contribution < 1.29 is 14.2 Å². The predicted molar refractivity (Wildman–Crippen MR) is 113 cm³/mol. The van der Waals surface area contributed by atoms with Crippen LogP contribution in [0.5, 0.6) is 5.75 Å². The fraction of sp³-hybridized carbons (Fsp3) is 0.409. The summed E-state index contributed by atoms with van der Waals surface area (Å²) >= 11 is 0. The normalized spacial score (nSPS) is 11.4. The van der Waals surface area contributed by atoms with E-state index in [1.165, 1.54) is 5.56 Å². The number of benzene rings is 2. The minimum Gasteiger partial charge on any atom is -0.491 e. The SMILES string of the molecule is CN=C(NCc1ccc(COC)cc1)NCc1ccc(C)cc1OCCOC. The van der Waals surface area contributed by atoms with Gasteiger partial charge in [0.2, 0.25) is 0 Å². The van der Waals surface area contributed by atoms with Gasteiger partial charge in [-0.1, -0.05) is 36.4 Å². The van der Waals surface area contributed by atoms with Crippen LogP contribution in [0.4, 0.5) is 0 Å². The van der Waals surface area contributed by atoms with E-state index >= 15 is 0 Å². The molecule has 2 rings (SSSR count). The number of hydrogen-bond acceptors (Lipinski definition) is 4. The van der Waals surface area contributed by atoms with Gasteiger partial charge in [0.15, 0.2) is 5.96 Å². The highest BCUT2D eigenvalue weighted by Crippen LogP contribution is 2.20. The zero-order valence-electron chi connectivity index (χ0n) is 17.2. The molecule has 0 bridgehead atoms. The van der Waals surface area contributed by atoms with Crippen LogP contribution in [0, 0.1) is 6.92 Å². The lowest BCUT2D eigenvalue weighted by Crippen LogP contribution is -2.36. The van der Waals surface area contributed by atoms with Crippen LogP contribution in [-0.4, -0.2) is 40.4 Å². The van der Waals surface area contributed by atoms with Gasteiger partial charge in [0.1, 0.15) is 12.4 Å². The number of aryl methyl sites for hydroxylation is 1. The van der Waals surface area contributed by atoms with Crippen LogP contribution >= 0.6 is 0 Å². The molecule has 0 fully saturated rings. The molecule has 2 N–H and O–H groups in total. The molecule has 0 aromatic heterocycles. The molecule has 6 nitrogen and oxygen atoms in total. The number of hydrogen-bond donors (Lipinski definition) is 2. The quantitative estimate of drug-likeness (QED) is 0.374. The summed E-state index contributed by atoms with van der Waals surface area (Å²) in [4.78, 5) is 4.30. The van der Waals surface area contributed by atoms with Crippen LogP contribution in [0.25, 0.3) is 0 Å². The van der Waals surface area contributed by atoms with Crippen molar-refractivity contribution in [1.82, 2.24) is 10.6 Å². The average Bonchev–Trinajstić information content (AvgIpc) is 2.71. The lowest BCUT2D eigenvalue weighted by atomic mass is 10.1. The van der Waals surface area contributed by atoms with E-state index in [0.29, 0.717) is 32.9 Å². The summed E-state index contributed by atoms with van der Waals surface area (Å²) in [7, 11) is 5.14. The summed E-state index contributed by atoms with van der Waals surface area (Å²) < 4.78 is 16.1. The van der Waals surface area contributed by atoms with E-state index in [1.807, 2.05) is 6.07 Å². The highest BCUT2D eigenvalue weighted by Gasteiger charge is 2.06. The molecule has 0 atom stereocenters. The third-order valence-corrected chi connectivity index (χ3v) is 4.23. The van der Waals surface area contributed by atoms with Gasteiger partial charge in [-0.3, -0.25) is 4.99 Å². The first-order chi connectivity index (χ1) is 13.7. The third-order valence-electron chi connectivity index (χ3n) is 4.23. The van der Waals surface area contributed by atoms with Crippen LogP contribution < -0.4 is 15.4 Å². The molecule has 0 aliphatic carbocycles. The van der Waals surface area contributed by atoms with Crippen molar-refractivity contribution in [3.8, 4) is 5.75 Å². The number of guanidine groups is 1. The Balaban J connectivity index is 1.89. The first-order valence-electron chi connectivity index (χ1n) is 9.38. The topological polar surface area (TPSA) is 64.1 Å². The van der Waals surface area contributed by atoms with Gasteiger partial charge in [-0.2, -0.15) is 0 Å². The van der Waals surface area contributed by atoms with Crippen LogP contribution in [0.2, 0.25) is 0 Å². The van der Waals surface area contributed by atoms with Gasteiger partial charge in [-0.15, -0.1) is 0 Å². The number of methoxy groups -OCH3 is 2. The summed E-state index contributed by atoms with van der Waals surface area (Å²) in [6, 6.07) is 14.5. The van der Waals surface area contributed by atoms with Crippen LogP contribution in [-0.2, 0) is 29.2 Å². The van der Waals surface area contributed by atoms with E-state index in [4.69, 9.17) is 14.2 Å². The molecule has 0 saturated heterocycles. The standard InChI is InChI=1S/C22H31N3O3/c1-17-5-10-20(21(13-17)28-12-11-26-3)15-25-22(23-2)24-14-18-6-8-19(9-7-18)16-27-4/h5-10,13H,11-12,14-16H2,1-4H3,(H2,23,24,25). The van der Waals surface area contributed by atoms with Crippen molar-refractivity contribution in [2.75, 3.05) is 34.5 Å². The van der Waals surface area contributed by atoms with Crippen molar-refractivity contribution in [2.24, 2.45) is 4.99 Å². The van der Waals surface area contributed by atoms with Crippen molar-refractivity contribution >= 4 is 5.96 Å². The van der Waals surface area contributed by atoms with Gasteiger partial charge in [0.25, 0.3) is 0 Å². The third kappa shape index (κ3) is 7.21. The van der Waals surface area contributed by atoms with E-state index in [-0.39, 0.29) is 0 Å². The summed E-state index contributed by atoms with van der Waals surface area (Å²) in [5.74, 6) is 1.61. The van der Waals surface area contributed by atoms with Gasteiger partial charge in [0, 0.05) is 39.9 Å². The summed E-state index contributed by atoms with van der Waals surface area (Å²) in [6.45, 7) is 5.08. The Kier molecular flexibility index (Phi) is 9.31. The Hall–Kier alpha value is -2.57. The molecule has 0 aliphatic rings. The molecule has 28 heavy (non-hydrogen) atoms. The fourth-order valence-electron chi connectivity index (χ4n) is 2.68. The molecule has 0 amide bonds. The first-order valence-corrected chi connectivity index (χ1v) is 9.38. The second-order valence-electron chi connectivity index (χ2n) is 6.48. The van der Waals surface area contributed by atoms with Crippen molar-refractivity contribution in [2.45, 2.75) is 26.6 Å². The van der Waals surface area contributed by atoms with Crippen molar-refractivity contribution in [1.29, 1.82) is 0 Å². The second-order valence-corrected chi connectivity index (χ2v) is 6.48. The summed E-state index contributed by atoms with van der Waals surface area (Å²) in [5.41, 5.74) is 4.58. The smallest absolute Gasteiger partial charge is 0.191 e. The molecule has 0 spiro atoms. The van der Waals surface area contributed by atoms with E-state index in [1.54, 1.807) is 21.3 Å². The molecule has 2 aromatic rings. The minimum absolute atomic E-state index is 0.527. The molecule has 0 unspecified atom stereocenters. The Labute approximate surface area is 167 Å². The number of rotatable bonds is 10. The van der Waals surface area contributed by atoms with E-state index in [9.17, 15) is 0 Å². The number of nitrogens with zero attached hydrogens (tertiary/aromatic N) is 1. The molecule has 0 aliphatic heterocycles. The number of nitrogens with one attached hydrogen (secondary N) is 2. The zero-order chi connectivity index (χ0) is 20.2. The number of ether oxygens (including phenoxy) is 3. The largest absolute Gasteiger partial charge is 0.491 e. The van der Waals surface area contributed by atoms with Crippen LogP contribution in [0.3, 0.4) is 0 Å². The maximum absolute atomic E-state index is 5.85. The highest BCUT2D eigenvalue weighted by atomic mass is 16.5. The lowest BCUT2D eigenvalue weighted by Gasteiger charge is -2.15. The summed E-state index contributed by atoms with van der Waals surface area (Å²) in [6.07, 6.45) is 0. The van der Waals surface area contributed by atoms with Crippen LogP contribution in [0.1, 0.15) is 22.3 Å². The predicted octanol–water partition coefficient (Wildman–Crippen LogP) is 3.03. The van der Waals surface area contributed by atoms with Gasteiger partial charge in [0.05, 0.1) is 13.2 Å². The fourth-order valence-corrected chi connectivity index (χ4v) is 2.68. The Morgan fingerprint density at radius 3 is 2.29 bits per heavy atom. The maximum atomic E-state index is 5.85. The summed E-state index contributed by atoms with van der Waals surface area (Å²) in [5, 5.41) is 6.68. The van der Waals surface area contributed by atoms with Crippen LogP contribution in [0.15, 0.2) is 47.5 Å². The molecular formula is C22H31N3O3. The van der Waals surface area contributed by atoms with Gasteiger partial charge >= 0.3 is 0 Å². The van der Waals surface area contributed by atoms with Gasteiger partial charge < -0.3 is 24.8 Å². The lowest BCUT2D eigenvalue weighted by molar-refractivity contribution is 0.145. The molecule has 2 aromatic carbocycles. The molecule has 6 heteroatoms. The second kappa shape index (κ2) is 12.0. The Morgan fingerprint density at radius 1 is 0.893 bits per heavy atom. The molecule has 0 heterocycles. The maximum Gasteiger partial charge on any atom is 0.191 e. The number of aliphatic imine (C=N–C) groups is 1. The molecule has 0 saturated carbocycles. The van der Waals surface area contributed by atoms with Crippen molar-refractivity contribution in [3.05, 3.63) is 64.7 Å². The van der Waals surface area contributed by atoms with E-state index in [0.717, 1.165) is 28.4 Å². The van der Waals surface area contributed by atoms with Gasteiger partial charge in [-0.05, 0) is 29.7 Å². The Bertz CT molecular complexity index is 745. The first kappa shape index (κ1) is 21.7. The van der Waals surface area contributed by atoms with Crippen molar-refractivity contribution in [3.63, 3.8) is 0 Å². The monoisotopic (exact) mass is 385 g/mol. The Morgan fingerprint density at radius 2 is 1.61 bits per heavy atom.